The van der Waals surface area contributed by atoms with E-state index in [2.05, 4.69) is 71.9 Å². The highest BCUT2D eigenvalue weighted by atomic mass is 127. The average molecular weight is 497 g/mol. The second-order valence-electron chi connectivity index (χ2n) is 6.91. The van der Waals surface area contributed by atoms with Crippen LogP contribution >= 0.6 is 24.0 Å². The van der Waals surface area contributed by atoms with E-state index in [0.717, 1.165) is 32.0 Å². The highest BCUT2D eigenvalue weighted by molar-refractivity contribution is 14.0. The quantitative estimate of drug-likeness (QED) is 0.248. The van der Waals surface area contributed by atoms with Crippen molar-refractivity contribution in [2.24, 2.45) is 4.99 Å². The molecule has 0 bridgehead atoms. The van der Waals surface area contributed by atoms with Crippen molar-refractivity contribution in [1.82, 2.24) is 10.6 Å². The fourth-order valence-corrected chi connectivity index (χ4v) is 3.44. The topological polar surface area (TPSA) is 54.9 Å². The SMILES string of the molecule is CCNC(=NCCOCC1CCCO1)NC(C)c1cccc2ccccc12.I. The Morgan fingerprint density at radius 1 is 1.25 bits per heavy atom. The van der Waals surface area contributed by atoms with Crippen LogP contribution in [-0.2, 0) is 9.47 Å². The first-order chi connectivity index (χ1) is 13.3. The van der Waals surface area contributed by atoms with Crippen LogP contribution in [0.3, 0.4) is 0 Å². The summed E-state index contributed by atoms with van der Waals surface area (Å²) in [7, 11) is 0. The number of aliphatic imine (C=N–C) groups is 1. The predicted molar refractivity (Wildman–Crippen MR) is 127 cm³/mol. The molecule has 0 amide bonds. The normalized spacial score (nSPS) is 17.9. The van der Waals surface area contributed by atoms with Gasteiger partial charge in [-0.15, -0.1) is 24.0 Å². The molecule has 1 heterocycles. The number of guanidine groups is 1. The Hall–Kier alpha value is -1.38. The number of nitrogens with zero attached hydrogens (tertiary/aromatic N) is 1. The molecule has 28 heavy (non-hydrogen) atoms. The Balaban J connectivity index is 0.00000280. The number of fused-ring (bicyclic) bond motifs is 1. The van der Waals surface area contributed by atoms with Crippen LogP contribution in [0.5, 0.6) is 0 Å². The zero-order valence-corrected chi connectivity index (χ0v) is 19.1. The summed E-state index contributed by atoms with van der Waals surface area (Å²) in [4.78, 5) is 4.65. The van der Waals surface area contributed by atoms with Gasteiger partial charge in [0.1, 0.15) is 0 Å². The van der Waals surface area contributed by atoms with Crippen LogP contribution in [0.4, 0.5) is 0 Å². The van der Waals surface area contributed by atoms with E-state index in [9.17, 15) is 0 Å². The van der Waals surface area contributed by atoms with Crippen molar-refractivity contribution in [2.75, 3.05) is 32.9 Å². The van der Waals surface area contributed by atoms with Crippen molar-refractivity contribution in [3.05, 3.63) is 48.0 Å². The van der Waals surface area contributed by atoms with Crippen LogP contribution in [-0.4, -0.2) is 45.0 Å². The lowest BCUT2D eigenvalue weighted by Crippen LogP contribution is -2.39. The summed E-state index contributed by atoms with van der Waals surface area (Å²) in [5.41, 5.74) is 1.27. The molecule has 1 fully saturated rings. The van der Waals surface area contributed by atoms with Gasteiger partial charge in [-0.05, 0) is 43.0 Å². The number of nitrogens with one attached hydrogen (secondary N) is 2. The lowest BCUT2D eigenvalue weighted by molar-refractivity contribution is 0.0200. The molecular formula is C22H32IN3O2. The van der Waals surface area contributed by atoms with E-state index in [1.165, 1.54) is 16.3 Å². The summed E-state index contributed by atoms with van der Waals surface area (Å²) in [6, 6.07) is 15.1. The van der Waals surface area contributed by atoms with Crippen LogP contribution in [0.2, 0.25) is 0 Å². The third-order valence-corrected chi connectivity index (χ3v) is 4.82. The summed E-state index contributed by atoms with van der Waals surface area (Å²) in [6.07, 6.45) is 2.52. The molecular weight excluding hydrogens is 465 g/mol. The molecule has 0 spiro atoms. The number of hydrogen-bond donors (Lipinski definition) is 2. The maximum absolute atomic E-state index is 5.71. The van der Waals surface area contributed by atoms with Gasteiger partial charge in [-0.1, -0.05) is 42.5 Å². The molecule has 2 atom stereocenters. The summed E-state index contributed by atoms with van der Waals surface area (Å²) >= 11 is 0. The van der Waals surface area contributed by atoms with E-state index in [1.807, 2.05) is 0 Å². The van der Waals surface area contributed by atoms with E-state index in [4.69, 9.17) is 9.47 Å². The summed E-state index contributed by atoms with van der Waals surface area (Å²) in [5, 5.41) is 9.37. The van der Waals surface area contributed by atoms with E-state index in [0.29, 0.717) is 19.8 Å². The Kier molecular flexibility index (Phi) is 10.0. The predicted octanol–water partition coefficient (Wildman–Crippen LogP) is 4.27. The fourth-order valence-electron chi connectivity index (χ4n) is 3.44. The van der Waals surface area contributed by atoms with Crippen molar-refractivity contribution < 1.29 is 9.47 Å². The zero-order chi connectivity index (χ0) is 18.9. The summed E-state index contributed by atoms with van der Waals surface area (Å²) < 4.78 is 11.3. The minimum absolute atomic E-state index is 0. The standard InChI is InChI=1S/C22H31N3O2.HI/c1-3-23-22(24-13-15-26-16-19-10-7-14-27-19)25-17(2)20-12-6-9-18-8-4-5-11-21(18)20;/h4-6,8-9,11-12,17,19H,3,7,10,13-16H2,1-2H3,(H2,23,24,25);1H. The van der Waals surface area contributed by atoms with Crippen molar-refractivity contribution >= 4 is 40.7 Å². The van der Waals surface area contributed by atoms with Gasteiger partial charge in [0.05, 0.1) is 31.9 Å². The highest BCUT2D eigenvalue weighted by Crippen LogP contribution is 2.23. The molecule has 2 N–H and O–H groups in total. The molecule has 6 heteroatoms. The minimum Gasteiger partial charge on any atom is -0.377 e. The van der Waals surface area contributed by atoms with E-state index >= 15 is 0 Å². The molecule has 0 aromatic heterocycles. The van der Waals surface area contributed by atoms with Gasteiger partial charge in [0.15, 0.2) is 5.96 Å². The maximum Gasteiger partial charge on any atom is 0.191 e. The average Bonchev–Trinajstić information content (AvgIpc) is 3.21. The minimum atomic E-state index is 0. The highest BCUT2D eigenvalue weighted by Gasteiger charge is 2.15. The number of hydrogen-bond acceptors (Lipinski definition) is 3. The first-order valence-corrected chi connectivity index (χ1v) is 9.99. The largest absolute Gasteiger partial charge is 0.377 e. The molecule has 0 aliphatic carbocycles. The van der Waals surface area contributed by atoms with E-state index in [-0.39, 0.29) is 36.1 Å². The number of halogens is 1. The number of benzene rings is 2. The van der Waals surface area contributed by atoms with Gasteiger partial charge in [0.2, 0.25) is 0 Å². The van der Waals surface area contributed by atoms with Crippen LogP contribution in [0.25, 0.3) is 10.8 Å². The Labute approximate surface area is 185 Å². The van der Waals surface area contributed by atoms with Crippen molar-refractivity contribution in [1.29, 1.82) is 0 Å². The third-order valence-electron chi connectivity index (χ3n) is 4.82. The molecule has 0 radical (unpaired) electrons. The van der Waals surface area contributed by atoms with Crippen molar-refractivity contribution in [3.8, 4) is 0 Å². The van der Waals surface area contributed by atoms with Crippen LogP contribution in [0, 0.1) is 0 Å². The Bertz CT molecular complexity index is 742. The molecule has 2 aromatic carbocycles. The molecule has 3 rings (SSSR count). The van der Waals surface area contributed by atoms with Crippen molar-refractivity contribution in [2.45, 2.75) is 38.8 Å². The second kappa shape index (κ2) is 12.2. The first kappa shape index (κ1) is 22.9. The van der Waals surface area contributed by atoms with Crippen LogP contribution in [0.1, 0.15) is 38.3 Å². The van der Waals surface area contributed by atoms with Gasteiger partial charge < -0.3 is 20.1 Å². The summed E-state index contributed by atoms with van der Waals surface area (Å²) in [5.74, 6) is 0.818. The molecule has 2 unspecified atom stereocenters. The fraction of sp³-hybridized carbons (Fsp3) is 0.500. The zero-order valence-electron chi connectivity index (χ0n) is 16.8. The van der Waals surface area contributed by atoms with Gasteiger partial charge in [0.25, 0.3) is 0 Å². The lowest BCUT2D eigenvalue weighted by atomic mass is 10.00. The molecule has 1 saturated heterocycles. The molecule has 0 saturated carbocycles. The summed E-state index contributed by atoms with van der Waals surface area (Å²) in [6.45, 7) is 7.85. The van der Waals surface area contributed by atoms with E-state index in [1.54, 1.807) is 0 Å². The van der Waals surface area contributed by atoms with Gasteiger partial charge in [-0.2, -0.15) is 0 Å². The molecule has 5 nitrogen and oxygen atoms in total. The second-order valence-corrected chi connectivity index (χ2v) is 6.91. The van der Waals surface area contributed by atoms with Gasteiger partial charge in [0, 0.05) is 13.2 Å². The van der Waals surface area contributed by atoms with Gasteiger partial charge in [-0.25, -0.2) is 0 Å². The van der Waals surface area contributed by atoms with Crippen LogP contribution < -0.4 is 10.6 Å². The Morgan fingerprint density at radius 2 is 2.07 bits per heavy atom. The molecule has 1 aliphatic rings. The molecule has 2 aromatic rings. The first-order valence-electron chi connectivity index (χ1n) is 9.99. The van der Waals surface area contributed by atoms with E-state index < -0.39 is 0 Å². The van der Waals surface area contributed by atoms with Crippen LogP contribution in [0.15, 0.2) is 47.5 Å². The lowest BCUT2D eigenvalue weighted by Gasteiger charge is -2.20. The monoisotopic (exact) mass is 497 g/mol. The maximum atomic E-state index is 5.71. The molecule has 1 aliphatic heterocycles. The third kappa shape index (κ3) is 6.60. The van der Waals surface area contributed by atoms with Gasteiger partial charge >= 0.3 is 0 Å². The number of rotatable bonds is 8. The number of ether oxygens (including phenoxy) is 2. The molecule has 154 valence electrons. The van der Waals surface area contributed by atoms with Crippen molar-refractivity contribution in [3.63, 3.8) is 0 Å². The Morgan fingerprint density at radius 3 is 2.86 bits per heavy atom. The smallest absolute Gasteiger partial charge is 0.191 e. The van der Waals surface area contributed by atoms with Gasteiger partial charge in [-0.3, -0.25) is 4.99 Å².